The van der Waals surface area contributed by atoms with Crippen molar-refractivity contribution in [2.75, 3.05) is 18.0 Å². The highest BCUT2D eigenvalue weighted by molar-refractivity contribution is 6.11. The van der Waals surface area contributed by atoms with Crippen LogP contribution in [0, 0.1) is 12.8 Å². The zero-order valence-corrected chi connectivity index (χ0v) is 15.9. The molecule has 0 aliphatic carbocycles. The van der Waals surface area contributed by atoms with Crippen LogP contribution in [0.15, 0.2) is 42.6 Å². The van der Waals surface area contributed by atoms with Crippen molar-refractivity contribution in [3.63, 3.8) is 0 Å². The van der Waals surface area contributed by atoms with E-state index in [0.29, 0.717) is 17.2 Å². The first-order valence-corrected chi connectivity index (χ1v) is 9.67. The molecule has 0 spiro atoms. The molecule has 2 amide bonds. The molecule has 0 N–H and O–H groups in total. The number of carbonyl (C=O) groups is 2. The Kier molecular flexibility index (Phi) is 4.68. The number of amides is 2. The summed E-state index contributed by atoms with van der Waals surface area (Å²) in [4.78, 5) is 34.2. The van der Waals surface area contributed by atoms with Gasteiger partial charge in [-0.25, -0.2) is 0 Å². The highest BCUT2D eigenvalue weighted by Crippen LogP contribution is 2.38. The molecule has 1 unspecified atom stereocenters. The fourth-order valence-corrected chi connectivity index (χ4v) is 4.00. The van der Waals surface area contributed by atoms with Gasteiger partial charge in [0.05, 0.1) is 23.7 Å². The van der Waals surface area contributed by atoms with Crippen LogP contribution in [0.4, 0.5) is 5.69 Å². The molecule has 27 heavy (non-hydrogen) atoms. The van der Waals surface area contributed by atoms with Crippen molar-refractivity contribution in [1.29, 1.82) is 0 Å². The van der Waals surface area contributed by atoms with E-state index in [2.05, 4.69) is 11.9 Å². The maximum atomic E-state index is 13.1. The number of fused-ring (bicyclic) bond motifs is 1. The molecule has 2 aromatic rings. The van der Waals surface area contributed by atoms with Crippen LogP contribution < -0.4 is 4.90 Å². The fourth-order valence-electron chi connectivity index (χ4n) is 4.00. The van der Waals surface area contributed by atoms with Crippen LogP contribution >= 0.6 is 0 Å². The number of aromatic nitrogens is 1. The average Bonchev–Trinajstić information content (AvgIpc) is 2.95. The van der Waals surface area contributed by atoms with Crippen molar-refractivity contribution in [3.05, 3.63) is 59.4 Å². The van der Waals surface area contributed by atoms with Crippen molar-refractivity contribution in [2.24, 2.45) is 5.92 Å². The fraction of sp³-hybridized carbons (Fsp3) is 0.409. The van der Waals surface area contributed by atoms with Gasteiger partial charge in [0, 0.05) is 25.0 Å². The second-order valence-corrected chi connectivity index (χ2v) is 7.73. The molecular formula is C22H25N3O2. The van der Waals surface area contributed by atoms with Gasteiger partial charge in [-0.1, -0.05) is 24.6 Å². The largest absolute Gasteiger partial charge is 0.343 e. The van der Waals surface area contributed by atoms with Crippen LogP contribution in [0.25, 0.3) is 0 Å². The van der Waals surface area contributed by atoms with Gasteiger partial charge in [-0.2, -0.15) is 0 Å². The standard InChI is InChI=1S/C22H25N3O2/c1-15-5-7-17(8-6-15)25-19(21-18(22(25)27)4-3-11-23-21)14-20(26)24-12-9-16(2)10-13-24/h3-8,11,16,19H,9-10,12-14H2,1-2H3. The molecule has 4 rings (SSSR count). The molecule has 3 heterocycles. The lowest BCUT2D eigenvalue weighted by atomic mass is 9.98. The number of anilines is 1. The minimum absolute atomic E-state index is 0.0768. The summed E-state index contributed by atoms with van der Waals surface area (Å²) in [7, 11) is 0. The first-order valence-electron chi connectivity index (χ1n) is 9.67. The lowest BCUT2D eigenvalue weighted by Crippen LogP contribution is -2.40. The summed E-state index contributed by atoms with van der Waals surface area (Å²) in [5.41, 5.74) is 3.26. The van der Waals surface area contributed by atoms with Gasteiger partial charge in [0.15, 0.2) is 0 Å². The van der Waals surface area contributed by atoms with Gasteiger partial charge in [-0.15, -0.1) is 0 Å². The Balaban J connectivity index is 1.63. The van der Waals surface area contributed by atoms with E-state index < -0.39 is 0 Å². The minimum atomic E-state index is -0.344. The second kappa shape index (κ2) is 7.14. The normalized spacial score (nSPS) is 20.1. The number of aryl methyl sites for hydroxylation is 1. The molecule has 1 atom stereocenters. The van der Waals surface area contributed by atoms with E-state index in [-0.39, 0.29) is 24.3 Å². The van der Waals surface area contributed by atoms with E-state index in [9.17, 15) is 9.59 Å². The molecule has 0 saturated carbocycles. The van der Waals surface area contributed by atoms with Crippen LogP contribution in [0.1, 0.15) is 53.8 Å². The van der Waals surface area contributed by atoms with Crippen molar-refractivity contribution in [1.82, 2.24) is 9.88 Å². The Labute approximate surface area is 160 Å². The maximum absolute atomic E-state index is 13.1. The number of nitrogens with zero attached hydrogens (tertiary/aromatic N) is 3. The number of piperidine rings is 1. The molecule has 1 aromatic heterocycles. The van der Waals surface area contributed by atoms with Crippen molar-refractivity contribution < 1.29 is 9.59 Å². The molecule has 1 saturated heterocycles. The quantitative estimate of drug-likeness (QED) is 0.835. The summed E-state index contributed by atoms with van der Waals surface area (Å²) < 4.78 is 0. The highest BCUT2D eigenvalue weighted by atomic mass is 16.2. The summed E-state index contributed by atoms with van der Waals surface area (Å²) in [5.74, 6) is 0.705. The lowest BCUT2D eigenvalue weighted by Gasteiger charge is -2.32. The lowest BCUT2D eigenvalue weighted by molar-refractivity contribution is -0.132. The summed E-state index contributed by atoms with van der Waals surface area (Å²) in [6, 6.07) is 11.1. The van der Waals surface area contributed by atoms with Crippen LogP contribution in [-0.2, 0) is 4.79 Å². The molecule has 0 radical (unpaired) electrons. The third kappa shape index (κ3) is 3.34. The predicted molar refractivity (Wildman–Crippen MR) is 105 cm³/mol. The molecule has 1 aromatic carbocycles. The van der Waals surface area contributed by atoms with Crippen molar-refractivity contribution >= 4 is 17.5 Å². The number of benzene rings is 1. The zero-order chi connectivity index (χ0) is 19.0. The van der Waals surface area contributed by atoms with Gasteiger partial charge in [0.25, 0.3) is 5.91 Å². The molecule has 5 heteroatoms. The van der Waals surface area contributed by atoms with E-state index in [1.165, 1.54) is 0 Å². The van der Waals surface area contributed by atoms with Gasteiger partial charge in [0.1, 0.15) is 0 Å². The summed E-state index contributed by atoms with van der Waals surface area (Å²) in [6.45, 7) is 5.86. The van der Waals surface area contributed by atoms with E-state index in [1.54, 1.807) is 23.2 Å². The first-order chi connectivity index (χ1) is 13.0. The van der Waals surface area contributed by atoms with Gasteiger partial charge >= 0.3 is 0 Å². The molecule has 140 valence electrons. The monoisotopic (exact) mass is 363 g/mol. The Morgan fingerprint density at radius 1 is 1.15 bits per heavy atom. The van der Waals surface area contributed by atoms with Crippen molar-refractivity contribution in [3.8, 4) is 0 Å². The molecule has 1 fully saturated rings. The number of carbonyl (C=O) groups excluding carboxylic acids is 2. The van der Waals surface area contributed by atoms with Crippen molar-refractivity contribution in [2.45, 2.75) is 39.2 Å². The number of hydrogen-bond acceptors (Lipinski definition) is 3. The third-order valence-electron chi connectivity index (χ3n) is 5.73. The second-order valence-electron chi connectivity index (χ2n) is 7.73. The van der Waals surface area contributed by atoms with Crippen LogP contribution in [0.3, 0.4) is 0 Å². The van der Waals surface area contributed by atoms with Crippen LogP contribution in [-0.4, -0.2) is 34.8 Å². The third-order valence-corrected chi connectivity index (χ3v) is 5.73. The van der Waals surface area contributed by atoms with Gasteiger partial charge in [-0.3, -0.25) is 19.5 Å². The maximum Gasteiger partial charge on any atom is 0.260 e. The SMILES string of the molecule is Cc1ccc(N2C(=O)c3cccnc3C2CC(=O)N2CCC(C)CC2)cc1. The number of hydrogen-bond donors (Lipinski definition) is 0. The number of pyridine rings is 1. The Hall–Kier alpha value is -2.69. The molecule has 5 nitrogen and oxygen atoms in total. The summed E-state index contributed by atoms with van der Waals surface area (Å²) in [6.07, 6.45) is 4.07. The number of likely N-dealkylation sites (tertiary alicyclic amines) is 1. The zero-order valence-electron chi connectivity index (χ0n) is 15.9. The smallest absolute Gasteiger partial charge is 0.260 e. The Morgan fingerprint density at radius 3 is 2.56 bits per heavy atom. The molecule has 0 bridgehead atoms. The topological polar surface area (TPSA) is 53.5 Å². The molecular weight excluding hydrogens is 338 g/mol. The van der Waals surface area contributed by atoms with E-state index in [1.807, 2.05) is 36.1 Å². The average molecular weight is 363 g/mol. The minimum Gasteiger partial charge on any atom is -0.343 e. The molecule has 2 aliphatic rings. The van der Waals surface area contributed by atoms with Gasteiger partial charge in [-0.05, 0) is 49.9 Å². The summed E-state index contributed by atoms with van der Waals surface area (Å²) >= 11 is 0. The van der Waals surface area contributed by atoms with Crippen LogP contribution in [0.2, 0.25) is 0 Å². The van der Waals surface area contributed by atoms with Gasteiger partial charge in [0.2, 0.25) is 5.91 Å². The Morgan fingerprint density at radius 2 is 1.85 bits per heavy atom. The van der Waals surface area contributed by atoms with E-state index >= 15 is 0 Å². The molecule has 2 aliphatic heterocycles. The van der Waals surface area contributed by atoms with Gasteiger partial charge < -0.3 is 4.90 Å². The first kappa shape index (κ1) is 17.7. The highest BCUT2D eigenvalue weighted by Gasteiger charge is 2.40. The van der Waals surface area contributed by atoms with Crippen LogP contribution in [0.5, 0.6) is 0 Å². The van der Waals surface area contributed by atoms with E-state index in [0.717, 1.165) is 37.2 Å². The van der Waals surface area contributed by atoms with E-state index in [4.69, 9.17) is 0 Å². The Bertz CT molecular complexity index is 854. The predicted octanol–water partition coefficient (Wildman–Crippen LogP) is 3.74. The number of rotatable bonds is 3. The summed E-state index contributed by atoms with van der Waals surface area (Å²) in [5, 5.41) is 0.